The summed E-state index contributed by atoms with van der Waals surface area (Å²) in [6.45, 7) is 0. The third-order valence-electron chi connectivity index (χ3n) is 6.01. The zero-order chi connectivity index (χ0) is 40.1. The molecule has 6 aromatic rings. The zero-order valence-electron chi connectivity index (χ0n) is 28.5. The Kier molecular flexibility index (Phi) is 21.1. The first-order chi connectivity index (χ1) is 25.8. The number of aromatic nitrogens is 2. The first kappa shape index (κ1) is 44.0. The standard InChI is InChI=1S/4C7H6O2.2C6H6N2O/c4*8-7(9)6-4-2-1-3-5-6;2*7-6(9)5-1-3-8-4-2-5/h4*1-5H,(H,8,9);2*1-4H,(H2,7,9). The van der Waals surface area contributed by atoms with E-state index in [4.69, 9.17) is 31.9 Å². The summed E-state index contributed by atoms with van der Waals surface area (Å²) in [4.78, 5) is 69.0. The number of carbonyl (C=O) groups is 6. The van der Waals surface area contributed by atoms with Crippen LogP contribution in [0.5, 0.6) is 0 Å². The lowest BCUT2D eigenvalue weighted by molar-refractivity contribution is 0.0686. The molecule has 14 heteroatoms. The molecule has 54 heavy (non-hydrogen) atoms. The number of carboxylic acid groups (broad SMARTS) is 4. The second kappa shape index (κ2) is 25.9. The minimum atomic E-state index is -0.879. The van der Waals surface area contributed by atoms with Gasteiger partial charge in [0.15, 0.2) is 0 Å². The number of primary amides is 2. The summed E-state index contributed by atoms with van der Waals surface area (Å²) in [7, 11) is 0. The monoisotopic (exact) mass is 732 g/mol. The molecular weight excluding hydrogens is 696 g/mol. The lowest BCUT2D eigenvalue weighted by Crippen LogP contribution is -2.10. The van der Waals surface area contributed by atoms with E-state index < -0.39 is 35.7 Å². The highest BCUT2D eigenvalue weighted by Crippen LogP contribution is 1.99. The summed E-state index contributed by atoms with van der Waals surface area (Å²) >= 11 is 0. The predicted octanol–water partition coefficient (Wildman–Crippen LogP) is 5.90. The van der Waals surface area contributed by atoms with Gasteiger partial charge in [0.2, 0.25) is 11.8 Å². The van der Waals surface area contributed by atoms with Crippen molar-refractivity contribution < 1.29 is 49.2 Å². The molecule has 0 spiro atoms. The van der Waals surface area contributed by atoms with Gasteiger partial charge in [0.25, 0.3) is 0 Å². The van der Waals surface area contributed by atoms with Crippen molar-refractivity contribution in [2.75, 3.05) is 0 Å². The summed E-state index contributed by atoms with van der Waals surface area (Å²) < 4.78 is 0. The summed E-state index contributed by atoms with van der Waals surface area (Å²) in [5, 5.41) is 33.5. The highest BCUT2D eigenvalue weighted by atomic mass is 16.4. The van der Waals surface area contributed by atoms with Crippen molar-refractivity contribution in [2.24, 2.45) is 11.5 Å². The van der Waals surface area contributed by atoms with Crippen LogP contribution in [0.2, 0.25) is 0 Å². The van der Waals surface area contributed by atoms with E-state index in [1.54, 1.807) is 146 Å². The van der Waals surface area contributed by atoms with Crippen molar-refractivity contribution in [3.8, 4) is 0 Å². The minimum Gasteiger partial charge on any atom is -0.478 e. The molecule has 0 atom stereocenters. The number of nitrogens with zero attached hydrogens (tertiary/aromatic N) is 2. The van der Waals surface area contributed by atoms with Gasteiger partial charge in [-0.25, -0.2) is 19.2 Å². The van der Waals surface area contributed by atoms with Crippen LogP contribution in [0.4, 0.5) is 0 Å². The molecule has 276 valence electrons. The number of pyridine rings is 2. The van der Waals surface area contributed by atoms with Crippen LogP contribution in [-0.2, 0) is 0 Å². The Hall–Kier alpha value is -8.00. The van der Waals surface area contributed by atoms with Crippen molar-refractivity contribution in [1.29, 1.82) is 0 Å². The van der Waals surface area contributed by atoms with Gasteiger partial charge in [0, 0.05) is 35.9 Å². The zero-order valence-corrected chi connectivity index (χ0v) is 28.5. The van der Waals surface area contributed by atoms with E-state index in [1.807, 2.05) is 0 Å². The fraction of sp³-hybridized carbons (Fsp3) is 0. The lowest BCUT2D eigenvalue weighted by atomic mass is 10.2. The van der Waals surface area contributed by atoms with Gasteiger partial charge in [-0.3, -0.25) is 19.6 Å². The van der Waals surface area contributed by atoms with Crippen molar-refractivity contribution in [3.63, 3.8) is 0 Å². The van der Waals surface area contributed by atoms with Crippen LogP contribution in [0.25, 0.3) is 0 Å². The molecule has 0 saturated heterocycles. The maximum Gasteiger partial charge on any atom is 0.335 e. The quantitative estimate of drug-likeness (QED) is 0.117. The molecular formula is C40H36N4O10. The van der Waals surface area contributed by atoms with E-state index in [9.17, 15) is 28.8 Å². The van der Waals surface area contributed by atoms with E-state index in [0.717, 1.165) is 0 Å². The molecule has 2 heterocycles. The van der Waals surface area contributed by atoms with E-state index in [-0.39, 0.29) is 0 Å². The number of benzene rings is 4. The van der Waals surface area contributed by atoms with Gasteiger partial charge in [-0.05, 0) is 72.8 Å². The lowest BCUT2D eigenvalue weighted by Gasteiger charge is -1.88. The smallest absolute Gasteiger partial charge is 0.335 e. The Bertz CT molecular complexity index is 1620. The van der Waals surface area contributed by atoms with Crippen LogP contribution in [0.15, 0.2) is 170 Å². The Balaban J connectivity index is 0.000000324. The van der Waals surface area contributed by atoms with Crippen molar-refractivity contribution in [3.05, 3.63) is 204 Å². The molecule has 0 radical (unpaired) electrons. The topological polar surface area (TPSA) is 261 Å². The number of amides is 2. The van der Waals surface area contributed by atoms with Crippen LogP contribution >= 0.6 is 0 Å². The average molecular weight is 733 g/mol. The minimum absolute atomic E-state index is 0.331. The molecule has 2 aromatic heterocycles. The number of hydrogen-bond donors (Lipinski definition) is 6. The molecule has 14 nitrogen and oxygen atoms in total. The molecule has 0 aliphatic rings. The second-order valence-corrected chi connectivity index (χ2v) is 9.88. The molecule has 6 rings (SSSR count). The van der Waals surface area contributed by atoms with Crippen molar-refractivity contribution in [2.45, 2.75) is 0 Å². The van der Waals surface area contributed by atoms with Crippen molar-refractivity contribution >= 4 is 35.7 Å². The van der Waals surface area contributed by atoms with Gasteiger partial charge < -0.3 is 31.9 Å². The molecule has 0 aliphatic carbocycles. The van der Waals surface area contributed by atoms with Crippen LogP contribution in [0, 0.1) is 0 Å². The molecule has 2 amide bonds. The normalized spacial score (nSPS) is 8.89. The van der Waals surface area contributed by atoms with Crippen LogP contribution < -0.4 is 11.5 Å². The molecule has 0 saturated carbocycles. The molecule has 4 aromatic carbocycles. The van der Waals surface area contributed by atoms with Crippen LogP contribution in [0.1, 0.15) is 62.1 Å². The SMILES string of the molecule is NC(=O)c1ccncc1.NC(=O)c1ccncc1.O=C(O)c1ccccc1.O=C(O)c1ccccc1.O=C(O)c1ccccc1.O=C(O)c1ccccc1. The number of rotatable bonds is 6. The average Bonchev–Trinajstić information content (AvgIpc) is 3.21. The van der Waals surface area contributed by atoms with Gasteiger partial charge in [0.1, 0.15) is 0 Å². The molecule has 0 aliphatic heterocycles. The van der Waals surface area contributed by atoms with Gasteiger partial charge >= 0.3 is 23.9 Å². The van der Waals surface area contributed by atoms with E-state index in [0.29, 0.717) is 33.4 Å². The number of carbonyl (C=O) groups excluding carboxylic acids is 2. The van der Waals surface area contributed by atoms with E-state index in [1.165, 1.54) is 24.8 Å². The highest BCUT2D eigenvalue weighted by molar-refractivity contribution is 5.93. The fourth-order valence-electron chi connectivity index (χ4n) is 3.36. The van der Waals surface area contributed by atoms with Crippen molar-refractivity contribution in [1.82, 2.24) is 9.97 Å². The number of hydrogen-bond acceptors (Lipinski definition) is 8. The summed E-state index contributed by atoms with van der Waals surface area (Å²) in [5.41, 5.74) is 12.2. The Morgan fingerprint density at radius 3 is 0.611 bits per heavy atom. The number of nitrogens with two attached hydrogens (primary N) is 2. The number of carboxylic acids is 4. The molecule has 0 bridgehead atoms. The third-order valence-corrected chi connectivity index (χ3v) is 6.01. The maximum atomic E-state index is 10.4. The van der Waals surface area contributed by atoms with Gasteiger partial charge in [0.05, 0.1) is 22.3 Å². The second-order valence-electron chi connectivity index (χ2n) is 9.88. The summed E-state index contributed by atoms with van der Waals surface area (Å²) in [6.07, 6.45) is 6.11. The summed E-state index contributed by atoms with van der Waals surface area (Å²) in [6, 6.07) is 39.5. The highest BCUT2D eigenvalue weighted by Gasteiger charge is 1.99. The number of aromatic carboxylic acids is 4. The van der Waals surface area contributed by atoms with E-state index >= 15 is 0 Å². The first-order valence-corrected chi connectivity index (χ1v) is 15.4. The fourth-order valence-corrected chi connectivity index (χ4v) is 3.36. The van der Waals surface area contributed by atoms with Gasteiger partial charge in [-0.15, -0.1) is 0 Å². The molecule has 8 N–H and O–H groups in total. The third kappa shape index (κ3) is 19.9. The molecule has 0 unspecified atom stereocenters. The maximum absolute atomic E-state index is 10.4. The first-order valence-electron chi connectivity index (χ1n) is 15.4. The van der Waals surface area contributed by atoms with Crippen LogP contribution in [-0.4, -0.2) is 66.1 Å². The Morgan fingerprint density at radius 2 is 0.500 bits per heavy atom. The molecule has 0 fully saturated rings. The summed E-state index contributed by atoms with van der Waals surface area (Å²) in [5.74, 6) is -4.35. The Labute approximate surface area is 309 Å². The van der Waals surface area contributed by atoms with Crippen LogP contribution in [0.3, 0.4) is 0 Å². The van der Waals surface area contributed by atoms with E-state index in [2.05, 4.69) is 9.97 Å². The van der Waals surface area contributed by atoms with Gasteiger partial charge in [-0.1, -0.05) is 72.8 Å². The largest absolute Gasteiger partial charge is 0.478 e. The van der Waals surface area contributed by atoms with Gasteiger partial charge in [-0.2, -0.15) is 0 Å². The predicted molar refractivity (Wildman–Crippen MR) is 199 cm³/mol. The Morgan fingerprint density at radius 1 is 0.315 bits per heavy atom.